The van der Waals surface area contributed by atoms with Crippen LogP contribution in [0.1, 0.15) is 32.7 Å². The minimum atomic E-state index is -0.225. The zero-order valence-electron chi connectivity index (χ0n) is 16.9. The van der Waals surface area contributed by atoms with Crippen molar-refractivity contribution in [2.24, 2.45) is 5.73 Å². The number of carbonyl (C=O) groups excluding carboxylic acids is 1. The number of benzene rings is 2. The molecule has 0 unspecified atom stereocenters. The number of aliphatic hydroxyl groups excluding tert-OH is 1. The highest BCUT2D eigenvalue weighted by Gasteiger charge is 2.14. The van der Waals surface area contributed by atoms with Gasteiger partial charge in [-0.25, -0.2) is 0 Å². The first kappa shape index (κ1) is 21.0. The molecule has 1 aromatic heterocycles. The number of amidine groups is 1. The first-order chi connectivity index (χ1) is 14.4. The molecule has 7 heteroatoms. The van der Waals surface area contributed by atoms with E-state index in [0.29, 0.717) is 33.7 Å². The number of hydrogen-bond acceptors (Lipinski definition) is 5. The van der Waals surface area contributed by atoms with Crippen molar-refractivity contribution in [3.63, 3.8) is 0 Å². The summed E-state index contributed by atoms with van der Waals surface area (Å²) < 4.78 is 5.32. The van der Waals surface area contributed by atoms with Gasteiger partial charge < -0.3 is 20.9 Å². The van der Waals surface area contributed by atoms with Crippen LogP contribution in [-0.2, 0) is 13.2 Å². The molecule has 0 aliphatic rings. The van der Waals surface area contributed by atoms with Crippen LogP contribution in [0, 0.1) is 12.3 Å². The van der Waals surface area contributed by atoms with Gasteiger partial charge in [0.15, 0.2) is 0 Å². The van der Waals surface area contributed by atoms with Crippen molar-refractivity contribution < 1.29 is 14.6 Å². The molecule has 1 amide bonds. The number of nitrogen functional groups attached to an aromatic ring is 1. The smallest absolute Gasteiger partial charge is 0.251 e. The molecule has 3 aromatic rings. The minimum absolute atomic E-state index is 0.0271. The van der Waals surface area contributed by atoms with E-state index in [4.69, 9.17) is 15.9 Å². The summed E-state index contributed by atoms with van der Waals surface area (Å²) in [7, 11) is 1.53. The van der Waals surface area contributed by atoms with Gasteiger partial charge in [-0.05, 0) is 35.7 Å². The van der Waals surface area contributed by atoms with Crippen molar-refractivity contribution >= 4 is 11.7 Å². The summed E-state index contributed by atoms with van der Waals surface area (Å²) in [6, 6.07) is 14.6. The van der Waals surface area contributed by atoms with Gasteiger partial charge in [0.2, 0.25) is 0 Å². The molecule has 2 aromatic carbocycles. The predicted octanol–water partition coefficient (Wildman–Crippen LogP) is 2.77. The largest absolute Gasteiger partial charge is 0.494 e. The summed E-state index contributed by atoms with van der Waals surface area (Å²) in [5, 5.41) is 20.0. The summed E-state index contributed by atoms with van der Waals surface area (Å²) in [6.07, 6.45) is 1.64. The molecule has 0 saturated carbocycles. The average Bonchev–Trinajstić information content (AvgIpc) is 2.77. The first-order valence-electron chi connectivity index (χ1n) is 9.40. The molecule has 154 valence electrons. The van der Waals surface area contributed by atoms with Gasteiger partial charge in [0, 0.05) is 29.4 Å². The molecule has 5 N–H and O–H groups in total. The van der Waals surface area contributed by atoms with Crippen LogP contribution < -0.4 is 15.8 Å². The van der Waals surface area contributed by atoms with E-state index in [9.17, 15) is 9.90 Å². The normalized spacial score (nSPS) is 10.5. The van der Waals surface area contributed by atoms with E-state index >= 15 is 0 Å². The van der Waals surface area contributed by atoms with Crippen LogP contribution in [0.4, 0.5) is 0 Å². The van der Waals surface area contributed by atoms with E-state index in [1.54, 1.807) is 37.4 Å². The third-order valence-electron chi connectivity index (χ3n) is 4.88. The Morgan fingerprint density at radius 1 is 1.10 bits per heavy atom. The Morgan fingerprint density at radius 3 is 2.17 bits per heavy atom. The van der Waals surface area contributed by atoms with Gasteiger partial charge in [0.25, 0.3) is 5.91 Å². The fourth-order valence-electron chi connectivity index (χ4n) is 3.21. The number of aliphatic hydroxyl groups is 1. The second kappa shape index (κ2) is 9.19. The van der Waals surface area contributed by atoms with Gasteiger partial charge in [0.1, 0.15) is 11.6 Å². The van der Waals surface area contributed by atoms with Gasteiger partial charge in [-0.1, -0.05) is 36.4 Å². The monoisotopic (exact) mass is 404 g/mol. The molecule has 0 fully saturated rings. The van der Waals surface area contributed by atoms with Crippen molar-refractivity contribution in [1.82, 2.24) is 10.3 Å². The number of rotatable bonds is 7. The lowest BCUT2D eigenvalue weighted by atomic mass is 10.0. The number of methoxy groups -OCH3 is 1. The van der Waals surface area contributed by atoms with Crippen molar-refractivity contribution in [3.05, 3.63) is 82.7 Å². The zero-order valence-corrected chi connectivity index (χ0v) is 16.9. The number of hydrogen-bond donors (Lipinski definition) is 4. The minimum Gasteiger partial charge on any atom is -0.494 e. The Labute approximate surface area is 175 Å². The zero-order chi connectivity index (χ0) is 21.7. The van der Waals surface area contributed by atoms with E-state index in [0.717, 1.165) is 11.1 Å². The number of pyridine rings is 1. The lowest BCUT2D eigenvalue weighted by Crippen LogP contribution is -2.23. The van der Waals surface area contributed by atoms with Gasteiger partial charge in [0.05, 0.1) is 19.4 Å². The van der Waals surface area contributed by atoms with Gasteiger partial charge >= 0.3 is 0 Å². The predicted molar refractivity (Wildman–Crippen MR) is 116 cm³/mol. The lowest BCUT2D eigenvalue weighted by molar-refractivity contribution is 0.0950. The third-order valence-corrected chi connectivity index (χ3v) is 4.88. The van der Waals surface area contributed by atoms with E-state index in [1.165, 1.54) is 7.11 Å². The molecule has 1 heterocycles. The van der Waals surface area contributed by atoms with E-state index in [-0.39, 0.29) is 24.9 Å². The molecule has 0 radical (unpaired) electrons. The topological polar surface area (TPSA) is 121 Å². The van der Waals surface area contributed by atoms with Crippen LogP contribution in [0.5, 0.6) is 5.75 Å². The Bertz CT molecular complexity index is 1060. The van der Waals surface area contributed by atoms with Gasteiger partial charge in [-0.15, -0.1) is 0 Å². The second-order valence-electron chi connectivity index (χ2n) is 6.79. The van der Waals surface area contributed by atoms with E-state index < -0.39 is 0 Å². The van der Waals surface area contributed by atoms with Crippen LogP contribution in [-0.4, -0.2) is 28.9 Å². The van der Waals surface area contributed by atoms with Crippen molar-refractivity contribution in [3.8, 4) is 16.9 Å². The Hall–Kier alpha value is -3.71. The number of amides is 1. The molecule has 3 rings (SSSR count). The summed E-state index contributed by atoms with van der Waals surface area (Å²) in [5.74, 6) is 0.334. The molecular formula is C23H24N4O3. The maximum absolute atomic E-state index is 12.5. The molecule has 0 bridgehead atoms. The van der Waals surface area contributed by atoms with Crippen LogP contribution in [0.2, 0.25) is 0 Å². The third kappa shape index (κ3) is 4.47. The maximum atomic E-state index is 12.5. The Balaban J connectivity index is 1.70. The number of aryl methyl sites for hydroxylation is 1. The number of carbonyl (C=O) groups is 1. The molecule has 0 aliphatic heterocycles. The van der Waals surface area contributed by atoms with Crippen molar-refractivity contribution in [2.45, 2.75) is 20.1 Å². The van der Waals surface area contributed by atoms with Crippen LogP contribution in [0.25, 0.3) is 11.1 Å². The van der Waals surface area contributed by atoms with Gasteiger partial charge in [-0.2, -0.15) is 0 Å². The van der Waals surface area contributed by atoms with E-state index in [1.807, 2.05) is 24.3 Å². The van der Waals surface area contributed by atoms with Crippen LogP contribution in [0.15, 0.2) is 54.7 Å². The lowest BCUT2D eigenvalue weighted by Gasteiger charge is -2.14. The molecule has 0 atom stereocenters. The standard InChI is InChI=1S/C23H24N4O3/c1-14-21(30-2)20(13-28)19(11-26-14)12-27-23(29)18-9-5-16(6-10-18)15-3-7-17(8-4-15)22(24)25/h3-11,28H,12-13H2,1-2H3,(H3,24,25)(H,27,29). The highest BCUT2D eigenvalue weighted by atomic mass is 16.5. The SMILES string of the molecule is COc1c(C)ncc(CNC(=O)c2ccc(-c3ccc(C(=N)N)cc3)cc2)c1CO. The number of ether oxygens (including phenoxy) is 1. The highest BCUT2D eigenvalue weighted by Crippen LogP contribution is 2.25. The second-order valence-corrected chi connectivity index (χ2v) is 6.79. The van der Waals surface area contributed by atoms with Crippen molar-refractivity contribution in [2.75, 3.05) is 7.11 Å². The van der Waals surface area contributed by atoms with E-state index in [2.05, 4.69) is 10.3 Å². The van der Waals surface area contributed by atoms with Crippen LogP contribution >= 0.6 is 0 Å². The summed E-state index contributed by atoms with van der Waals surface area (Å²) in [5.41, 5.74) is 10.6. The average molecular weight is 404 g/mol. The Kier molecular flexibility index (Phi) is 6.44. The highest BCUT2D eigenvalue weighted by molar-refractivity contribution is 5.96. The fourth-order valence-corrected chi connectivity index (χ4v) is 3.21. The molecule has 30 heavy (non-hydrogen) atoms. The summed E-state index contributed by atoms with van der Waals surface area (Å²) in [4.78, 5) is 16.8. The Morgan fingerprint density at radius 2 is 1.67 bits per heavy atom. The molecule has 0 spiro atoms. The maximum Gasteiger partial charge on any atom is 0.251 e. The molecular weight excluding hydrogens is 380 g/mol. The number of nitrogens with zero attached hydrogens (tertiary/aromatic N) is 1. The first-order valence-corrected chi connectivity index (χ1v) is 9.40. The number of aromatic nitrogens is 1. The number of nitrogens with two attached hydrogens (primary N) is 1. The molecule has 7 nitrogen and oxygen atoms in total. The van der Waals surface area contributed by atoms with Gasteiger partial charge in [-0.3, -0.25) is 15.2 Å². The summed E-state index contributed by atoms with van der Waals surface area (Å²) >= 11 is 0. The molecule has 0 saturated heterocycles. The molecule has 0 aliphatic carbocycles. The number of nitrogens with one attached hydrogen (secondary N) is 2. The summed E-state index contributed by atoms with van der Waals surface area (Å²) in [6.45, 7) is 1.83. The fraction of sp³-hybridized carbons (Fsp3) is 0.174. The van der Waals surface area contributed by atoms with Crippen molar-refractivity contribution in [1.29, 1.82) is 5.41 Å². The van der Waals surface area contributed by atoms with Crippen LogP contribution in [0.3, 0.4) is 0 Å². The quantitative estimate of drug-likeness (QED) is 0.356.